The first-order valence-electron chi connectivity index (χ1n) is 4.05. The van der Waals surface area contributed by atoms with Gasteiger partial charge in [0.15, 0.2) is 0 Å². The van der Waals surface area contributed by atoms with Crippen LogP contribution in [0.5, 0.6) is 0 Å². The van der Waals surface area contributed by atoms with E-state index in [4.69, 9.17) is 4.74 Å². The van der Waals surface area contributed by atoms with E-state index < -0.39 is 0 Å². The fourth-order valence-corrected chi connectivity index (χ4v) is 1.10. The Morgan fingerprint density at radius 1 is 1.64 bits per heavy atom. The van der Waals surface area contributed by atoms with E-state index in [-0.39, 0.29) is 12.1 Å². The van der Waals surface area contributed by atoms with E-state index >= 15 is 0 Å². The summed E-state index contributed by atoms with van der Waals surface area (Å²) in [7, 11) is 1.72. The number of hydrogen-bond donors (Lipinski definition) is 1. The normalized spacial score (nSPS) is 16.0. The molecule has 0 aromatic rings. The van der Waals surface area contributed by atoms with Crippen LogP contribution in [0.2, 0.25) is 0 Å². The van der Waals surface area contributed by atoms with Crippen molar-refractivity contribution in [3.63, 3.8) is 0 Å². The Morgan fingerprint density at radius 2 is 2.18 bits per heavy atom. The summed E-state index contributed by atoms with van der Waals surface area (Å²) in [6.07, 6.45) is 0.201. The van der Waals surface area contributed by atoms with Crippen molar-refractivity contribution in [3.05, 3.63) is 12.2 Å². The second-order valence-electron chi connectivity index (χ2n) is 2.82. The average Bonchev–Trinajstić information content (AvgIpc) is 1.98. The quantitative estimate of drug-likeness (QED) is 0.612. The summed E-state index contributed by atoms with van der Waals surface area (Å²) in [4.78, 5) is 0. The molecule has 0 aliphatic carbocycles. The van der Waals surface area contributed by atoms with E-state index in [1.807, 2.05) is 13.8 Å². The van der Waals surface area contributed by atoms with E-state index in [1.165, 1.54) is 0 Å². The summed E-state index contributed by atoms with van der Waals surface area (Å²) in [5, 5.41) is 3.31. The van der Waals surface area contributed by atoms with E-state index in [0.717, 1.165) is 12.1 Å². The lowest BCUT2D eigenvalue weighted by Gasteiger charge is -2.23. The van der Waals surface area contributed by atoms with E-state index in [1.54, 1.807) is 7.11 Å². The van der Waals surface area contributed by atoms with Gasteiger partial charge in [0, 0.05) is 7.11 Å². The van der Waals surface area contributed by atoms with E-state index in [9.17, 15) is 0 Å². The first-order valence-corrected chi connectivity index (χ1v) is 4.05. The zero-order valence-corrected chi connectivity index (χ0v) is 7.98. The maximum Gasteiger partial charge on any atom is 0.0734 e. The maximum absolute atomic E-state index is 5.20. The summed E-state index contributed by atoms with van der Waals surface area (Å²) in [5.41, 5.74) is 1.13. The molecule has 11 heavy (non-hydrogen) atoms. The predicted octanol–water partition coefficient (Wildman–Crippen LogP) is 1.58. The third kappa shape index (κ3) is 3.54. The number of likely N-dealkylation sites (N-methyl/N-ethyl adjacent to an activating group) is 1. The van der Waals surface area contributed by atoms with Crippen LogP contribution >= 0.6 is 0 Å². The summed E-state index contributed by atoms with van der Waals surface area (Å²) in [6.45, 7) is 11.0. The SMILES string of the molecule is C=C(C)C(NCC)C(C)OC. The van der Waals surface area contributed by atoms with Crippen LogP contribution in [0, 0.1) is 0 Å². The Bertz CT molecular complexity index is 123. The van der Waals surface area contributed by atoms with Gasteiger partial charge in [-0.25, -0.2) is 0 Å². The minimum absolute atomic E-state index is 0.201. The highest BCUT2D eigenvalue weighted by Gasteiger charge is 2.15. The van der Waals surface area contributed by atoms with Crippen molar-refractivity contribution >= 4 is 0 Å². The van der Waals surface area contributed by atoms with Gasteiger partial charge in [0.1, 0.15) is 0 Å². The number of nitrogens with one attached hydrogen (secondary N) is 1. The van der Waals surface area contributed by atoms with Gasteiger partial charge in [0.25, 0.3) is 0 Å². The lowest BCUT2D eigenvalue weighted by molar-refractivity contribution is 0.0945. The molecule has 0 aromatic heterocycles. The molecule has 0 rings (SSSR count). The van der Waals surface area contributed by atoms with Crippen LogP contribution in [0.1, 0.15) is 20.8 Å². The lowest BCUT2D eigenvalue weighted by atomic mass is 10.1. The van der Waals surface area contributed by atoms with Crippen LogP contribution < -0.4 is 5.32 Å². The Morgan fingerprint density at radius 3 is 2.45 bits per heavy atom. The minimum atomic E-state index is 0.201. The fourth-order valence-electron chi connectivity index (χ4n) is 1.10. The van der Waals surface area contributed by atoms with Crippen molar-refractivity contribution in [1.82, 2.24) is 5.32 Å². The molecule has 0 aromatic carbocycles. The van der Waals surface area contributed by atoms with Gasteiger partial charge in [-0.3, -0.25) is 0 Å². The second kappa shape index (κ2) is 5.33. The van der Waals surface area contributed by atoms with Crippen LogP contribution in [0.15, 0.2) is 12.2 Å². The van der Waals surface area contributed by atoms with Gasteiger partial charge in [-0.1, -0.05) is 19.1 Å². The molecule has 0 heterocycles. The third-order valence-corrected chi connectivity index (χ3v) is 1.80. The first-order chi connectivity index (χ1) is 5.13. The van der Waals surface area contributed by atoms with Crippen LogP contribution in [0.4, 0.5) is 0 Å². The minimum Gasteiger partial charge on any atom is -0.380 e. The molecule has 66 valence electrons. The molecule has 0 saturated heterocycles. The van der Waals surface area contributed by atoms with Gasteiger partial charge in [-0.05, 0) is 20.4 Å². The monoisotopic (exact) mass is 157 g/mol. The highest BCUT2D eigenvalue weighted by Crippen LogP contribution is 2.05. The molecular weight excluding hydrogens is 138 g/mol. The van der Waals surface area contributed by atoms with Gasteiger partial charge in [0.05, 0.1) is 12.1 Å². The summed E-state index contributed by atoms with van der Waals surface area (Å²) in [6, 6.07) is 0.282. The fraction of sp³-hybridized carbons (Fsp3) is 0.778. The molecule has 0 bridgehead atoms. The van der Waals surface area contributed by atoms with Crippen molar-refractivity contribution < 1.29 is 4.74 Å². The van der Waals surface area contributed by atoms with E-state index in [2.05, 4.69) is 18.8 Å². The summed E-state index contributed by atoms with van der Waals surface area (Å²) >= 11 is 0. The number of rotatable bonds is 5. The molecule has 0 aliphatic heterocycles. The van der Waals surface area contributed by atoms with Gasteiger partial charge in [-0.15, -0.1) is 0 Å². The van der Waals surface area contributed by atoms with Crippen molar-refractivity contribution in [2.24, 2.45) is 0 Å². The number of methoxy groups -OCH3 is 1. The third-order valence-electron chi connectivity index (χ3n) is 1.80. The lowest BCUT2D eigenvalue weighted by Crippen LogP contribution is -2.39. The number of hydrogen-bond acceptors (Lipinski definition) is 2. The molecule has 0 radical (unpaired) electrons. The van der Waals surface area contributed by atoms with Crippen LogP contribution in [-0.4, -0.2) is 25.8 Å². The Balaban J connectivity index is 3.97. The molecule has 0 spiro atoms. The highest BCUT2D eigenvalue weighted by atomic mass is 16.5. The van der Waals surface area contributed by atoms with Crippen LogP contribution in [0.3, 0.4) is 0 Å². The van der Waals surface area contributed by atoms with Crippen molar-refractivity contribution in [1.29, 1.82) is 0 Å². The largest absolute Gasteiger partial charge is 0.380 e. The van der Waals surface area contributed by atoms with Crippen LogP contribution in [-0.2, 0) is 4.74 Å². The van der Waals surface area contributed by atoms with Gasteiger partial charge in [0.2, 0.25) is 0 Å². The molecule has 0 aliphatic rings. The van der Waals surface area contributed by atoms with Gasteiger partial charge in [-0.2, -0.15) is 0 Å². The van der Waals surface area contributed by atoms with Gasteiger partial charge >= 0.3 is 0 Å². The molecule has 2 nitrogen and oxygen atoms in total. The van der Waals surface area contributed by atoms with Crippen molar-refractivity contribution in [2.75, 3.05) is 13.7 Å². The highest BCUT2D eigenvalue weighted by molar-refractivity contribution is 5.04. The summed E-state index contributed by atoms with van der Waals surface area (Å²) < 4.78 is 5.20. The van der Waals surface area contributed by atoms with E-state index in [0.29, 0.717) is 0 Å². The molecule has 0 fully saturated rings. The first kappa shape index (κ1) is 10.7. The topological polar surface area (TPSA) is 21.3 Å². The standard InChI is InChI=1S/C9H19NO/c1-6-10-9(7(2)3)8(4)11-5/h8-10H,2,6H2,1,3-5H3. The predicted molar refractivity (Wildman–Crippen MR) is 48.7 cm³/mol. The summed E-state index contributed by atoms with van der Waals surface area (Å²) in [5.74, 6) is 0. The molecule has 1 N–H and O–H groups in total. The zero-order chi connectivity index (χ0) is 8.85. The molecule has 2 unspecified atom stereocenters. The Hall–Kier alpha value is -0.340. The average molecular weight is 157 g/mol. The second-order valence-corrected chi connectivity index (χ2v) is 2.82. The molecule has 2 atom stereocenters. The van der Waals surface area contributed by atoms with Crippen LogP contribution in [0.25, 0.3) is 0 Å². The zero-order valence-electron chi connectivity index (χ0n) is 7.98. The van der Waals surface area contributed by atoms with Gasteiger partial charge < -0.3 is 10.1 Å². The molecule has 0 saturated carbocycles. The smallest absolute Gasteiger partial charge is 0.0734 e. The maximum atomic E-state index is 5.20. The Labute approximate surface area is 69.6 Å². The van der Waals surface area contributed by atoms with Crippen molar-refractivity contribution in [2.45, 2.75) is 32.9 Å². The molecule has 0 amide bonds. The Kier molecular flexibility index (Phi) is 5.16. The van der Waals surface area contributed by atoms with Crippen molar-refractivity contribution in [3.8, 4) is 0 Å². The molecular formula is C9H19NO. The molecule has 2 heteroatoms. The number of ether oxygens (including phenoxy) is 1.